The van der Waals surface area contributed by atoms with Crippen molar-refractivity contribution in [2.24, 2.45) is 0 Å². The molecule has 3 aromatic rings. The first-order valence-electron chi connectivity index (χ1n) is 11.3. The SMILES string of the molecule is CC[C@@H](CC(=O)Nc1cccc(C(=O)O)c1F)NC(=O)OCC1c2ccccc2-c2ccccc21. The fourth-order valence-electron chi connectivity index (χ4n) is 4.32. The summed E-state index contributed by atoms with van der Waals surface area (Å²) in [7, 11) is 0. The number of carboxylic acid groups (broad SMARTS) is 1. The van der Waals surface area contributed by atoms with Crippen molar-refractivity contribution in [3.8, 4) is 11.1 Å². The van der Waals surface area contributed by atoms with Gasteiger partial charge in [-0.1, -0.05) is 61.5 Å². The number of hydrogen-bond donors (Lipinski definition) is 3. The highest BCUT2D eigenvalue weighted by Gasteiger charge is 2.29. The molecule has 0 fully saturated rings. The Morgan fingerprint density at radius 2 is 1.60 bits per heavy atom. The summed E-state index contributed by atoms with van der Waals surface area (Å²) in [6.07, 6.45) is -0.335. The highest BCUT2D eigenvalue weighted by molar-refractivity contribution is 5.94. The second kappa shape index (κ2) is 10.4. The number of fused-ring (bicyclic) bond motifs is 3. The van der Waals surface area contributed by atoms with Gasteiger partial charge in [0.15, 0.2) is 5.82 Å². The van der Waals surface area contributed by atoms with E-state index in [0.29, 0.717) is 6.42 Å². The van der Waals surface area contributed by atoms with Gasteiger partial charge in [-0.25, -0.2) is 14.0 Å². The van der Waals surface area contributed by atoms with E-state index in [-0.39, 0.29) is 24.6 Å². The van der Waals surface area contributed by atoms with Gasteiger partial charge < -0.3 is 20.5 Å². The maximum atomic E-state index is 14.3. The van der Waals surface area contributed by atoms with Crippen LogP contribution in [0.4, 0.5) is 14.9 Å². The molecule has 35 heavy (non-hydrogen) atoms. The molecule has 3 N–H and O–H groups in total. The molecule has 2 amide bonds. The van der Waals surface area contributed by atoms with Crippen LogP contribution in [0.15, 0.2) is 66.7 Å². The molecule has 180 valence electrons. The number of alkyl carbamates (subject to hydrolysis) is 1. The van der Waals surface area contributed by atoms with E-state index in [9.17, 15) is 18.8 Å². The van der Waals surface area contributed by atoms with Crippen LogP contribution in [0.3, 0.4) is 0 Å². The summed E-state index contributed by atoms with van der Waals surface area (Å²) in [4.78, 5) is 36.0. The van der Waals surface area contributed by atoms with Crippen LogP contribution in [-0.4, -0.2) is 35.7 Å². The molecular formula is C27H25FN2O5. The summed E-state index contributed by atoms with van der Waals surface area (Å²) in [6.45, 7) is 1.95. The maximum Gasteiger partial charge on any atom is 0.407 e. The lowest BCUT2D eigenvalue weighted by molar-refractivity contribution is -0.116. The Kier molecular flexibility index (Phi) is 7.10. The molecule has 0 radical (unpaired) electrons. The van der Waals surface area contributed by atoms with Crippen molar-refractivity contribution in [1.82, 2.24) is 5.32 Å². The smallest absolute Gasteiger partial charge is 0.407 e. The quantitative estimate of drug-likeness (QED) is 0.416. The molecule has 7 nitrogen and oxygen atoms in total. The Balaban J connectivity index is 1.35. The Morgan fingerprint density at radius 3 is 2.20 bits per heavy atom. The maximum absolute atomic E-state index is 14.3. The van der Waals surface area contributed by atoms with E-state index in [1.807, 2.05) is 36.4 Å². The van der Waals surface area contributed by atoms with Crippen molar-refractivity contribution in [3.63, 3.8) is 0 Å². The topological polar surface area (TPSA) is 105 Å². The van der Waals surface area contributed by atoms with Gasteiger partial charge in [-0.2, -0.15) is 0 Å². The molecule has 0 unspecified atom stereocenters. The van der Waals surface area contributed by atoms with Crippen LogP contribution >= 0.6 is 0 Å². The van der Waals surface area contributed by atoms with Crippen molar-refractivity contribution in [3.05, 3.63) is 89.2 Å². The number of benzene rings is 3. The largest absolute Gasteiger partial charge is 0.478 e. The summed E-state index contributed by atoms with van der Waals surface area (Å²) >= 11 is 0. The first-order chi connectivity index (χ1) is 16.9. The number of halogens is 1. The predicted molar refractivity (Wildman–Crippen MR) is 129 cm³/mol. The highest BCUT2D eigenvalue weighted by atomic mass is 19.1. The first kappa shape index (κ1) is 23.9. The fourth-order valence-corrected chi connectivity index (χ4v) is 4.32. The minimum absolute atomic E-state index is 0.0824. The lowest BCUT2D eigenvalue weighted by Gasteiger charge is -2.19. The van der Waals surface area contributed by atoms with Crippen molar-refractivity contribution in [2.45, 2.75) is 31.7 Å². The summed E-state index contributed by atoms with van der Waals surface area (Å²) in [5.74, 6) is -3.09. The van der Waals surface area contributed by atoms with Gasteiger partial charge in [-0.15, -0.1) is 0 Å². The Bertz CT molecular complexity index is 1230. The second-order valence-corrected chi connectivity index (χ2v) is 8.30. The van der Waals surface area contributed by atoms with E-state index in [1.54, 1.807) is 6.92 Å². The molecule has 1 aliphatic rings. The summed E-state index contributed by atoms with van der Waals surface area (Å²) in [5.41, 5.74) is 3.67. The molecular weight excluding hydrogens is 451 g/mol. The number of carboxylic acids is 1. The number of nitrogens with one attached hydrogen (secondary N) is 2. The molecule has 0 spiro atoms. The van der Waals surface area contributed by atoms with Gasteiger partial charge in [0.05, 0.1) is 11.3 Å². The van der Waals surface area contributed by atoms with Gasteiger partial charge in [0.2, 0.25) is 5.91 Å². The predicted octanol–water partition coefficient (Wildman–Crippen LogP) is 5.17. The molecule has 1 aliphatic carbocycles. The zero-order valence-corrected chi connectivity index (χ0v) is 19.1. The van der Waals surface area contributed by atoms with E-state index in [4.69, 9.17) is 9.84 Å². The Morgan fingerprint density at radius 1 is 0.971 bits per heavy atom. The van der Waals surface area contributed by atoms with Crippen molar-refractivity contribution in [1.29, 1.82) is 0 Å². The zero-order valence-electron chi connectivity index (χ0n) is 19.1. The zero-order chi connectivity index (χ0) is 24.9. The minimum atomic E-state index is -1.43. The molecule has 0 saturated carbocycles. The fraction of sp³-hybridized carbons (Fsp3) is 0.222. The lowest BCUT2D eigenvalue weighted by Crippen LogP contribution is -2.38. The lowest BCUT2D eigenvalue weighted by atomic mass is 9.98. The summed E-state index contributed by atoms with van der Waals surface area (Å²) in [5, 5.41) is 14.1. The molecule has 0 aliphatic heterocycles. The minimum Gasteiger partial charge on any atom is -0.478 e. The number of carbonyl (C=O) groups excluding carboxylic acids is 2. The number of rotatable bonds is 8. The van der Waals surface area contributed by atoms with Crippen LogP contribution in [0.2, 0.25) is 0 Å². The van der Waals surface area contributed by atoms with Gasteiger partial charge in [0, 0.05) is 18.4 Å². The normalized spacial score (nSPS) is 12.9. The first-order valence-corrected chi connectivity index (χ1v) is 11.3. The molecule has 0 heterocycles. The highest BCUT2D eigenvalue weighted by Crippen LogP contribution is 2.44. The molecule has 0 saturated heterocycles. The third kappa shape index (κ3) is 5.16. The number of aromatic carboxylic acids is 1. The molecule has 8 heteroatoms. The molecule has 3 aromatic carbocycles. The Hall–Kier alpha value is -4.20. The third-order valence-corrected chi connectivity index (χ3v) is 6.09. The second-order valence-electron chi connectivity index (χ2n) is 8.30. The van der Waals surface area contributed by atoms with Crippen LogP contribution in [0.25, 0.3) is 11.1 Å². The summed E-state index contributed by atoms with van der Waals surface area (Å²) < 4.78 is 19.8. The standard InChI is InChI=1S/C27H25FN2O5/c1-2-16(14-24(31)30-23-13-7-12-21(25(23)28)26(32)33)29-27(34)35-15-22-19-10-5-3-8-17(19)18-9-4-6-11-20(18)22/h3-13,16,22H,2,14-15H2,1H3,(H,29,34)(H,30,31)(H,32,33)/t16-/m0/s1. The van der Waals surface area contributed by atoms with E-state index in [1.165, 1.54) is 12.1 Å². The van der Waals surface area contributed by atoms with Gasteiger partial charge in [-0.05, 0) is 40.8 Å². The van der Waals surface area contributed by atoms with Crippen molar-refractivity contribution in [2.75, 3.05) is 11.9 Å². The van der Waals surface area contributed by atoms with Crippen molar-refractivity contribution < 1.29 is 28.6 Å². The van der Waals surface area contributed by atoms with Gasteiger partial charge in [-0.3, -0.25) is 4.79 Å². The van der Waals surface area contributed by atoms with E-state index in [0.717, 1.165) is 28.3 Å². The monoisotopic (exact) mass is 476 g/mol. The van der Waals surface area contributed by atoms with Crippen LogP contribution < -0.4 is 10.6 Å². The van der Waals surface area contributed by atoms with E-state index < -0.39 is 35.4 Å². The van der Waals surface area contributed by atoms with Crippen molar-refractivity contribution >= 4 is 23.7 Å². The average Bonchev–Trinajstić information content (AvgIpc) is 3.17. The van der Waals surface area contributed by atoms with Crippen LogP contribution in [0, 0.1) is 5.82 Å². The molecule has 1 atom stereocenters. The van der Waals surface area contributed by atoms with Gasteiger partial charge in [0.25, 0.3) is 0 Å². The number of hydrogen-bond acceptors (Lipinski definition) is 4. The van der Waals surface area contributed by atoms with E-state index >= 15 is 0 Å². The summed E-state index contributed by atoms with van der Waals surface area (Å²) in [6, 6.07) is 19.2. The third-order valence-electron chi connectivity index (χ3n) is 6.09. The number of carbonyl (C=O) groups is 3. The molecule has 4 rings (SSSR count). The van der Waals surface area contributed by atoms with Crippen LogP contribution in [0.1, 0.15) is 47.2 Å². The number of ether oxygens (including phenoxy) is 1. The number of amides is 2. The average molecular weight is 477 g/mol. The molecule has 0 bridgehead atoms. The molecule has 0 aromatic heterocycles. The Labute approximate surface area is 201 Å². The van der Waals surface area contributed by atoms with Gasteiger partial charge >= 0.3 is 12.1 Å². The van der Waals surface area contributed by atoms with Gasteiger partial charge in [0.1, 0.15) is 6.61 Å². The van der Waals surface area contributed by atoms with Crippen LogP contribution in [-0.2, 0) is 9.53 Å². The van der Waals surface area contributed by atoms with Crippen LogP contribution in [0.5, 0.6) is 0 Å². The number of anilines is 1. The van der Waals surface area contributed by atoms with E-state index in [2.05, 4.69) is 22.8 Å².